The van der Waals surface area contributed by atoms with E-state index in [4.69, 9.17) is 0 Å². The van der Waals surface area contributed by atoms with Gasteiger partial charge in [0.25, 0.3) is 0 Å². The first kappa shape index (κ1) is 15.4. The third kappa shape index (κ3) is 3.02. The van der Waals surface area contributed by atoms with Crippen LogP contribution in [0.3, 0.4) is 0 Å². The van der Waals surface area contributed by atoms with E-state index in [-0.39, 0.29) is 6.54 Å². The molecule has 0 bridgehead atoms. The molecular weight excluding hydrogens is 387 g/mol. The second-order valence-corrected chi connectivity index (χ2v) is 5.55. The molecule has 1 aliphatic rings. The first-order valence-electron chi connectivity index (χ1n) is 6.02. The average Bonchev–Trinajstić information content (AvgIpc) is 2.66. The normalized spacial score (nSPS) is 14.8. The number of imide groups is 2. The summed E-state index contributed by atoms with van der Waals surface area (Å²) < 4.78 is 0.963. The fourth-order valence-corrected chi connectivity index (χ4v) is 2.21. The number of ketones is 1. The Kier molecular flexibility index (Phi) is 4.51. The van der Waals surface area contributed by atoms with Gasteiger partial charge in [0.1, 0.15) is 0 Å². The number of amides is 4. The van der Waals surface area contributed by atoms with Crippen molar-refractivity contribution in [3.05, 3.63) is 46.1 Å². The number of nitrogens with zero attached hydrogens (tertiary/aromatic N) is 2. The topological polar surface area (TPSA) is 74.8 Å². The van der Waals surface area contributed by atoms with Crippen LogP contribution in [-0.2, 0) is 9.59 Å². The van der Waals surface area contributed by atoms with E-state index in [0.29, 0.717) is 10.5 Å². The van der Waals surface area contributed by atoms with Crippen molar-refractivity contribution in [3.8, 4) is 0 Å². The Morgan fingerprint density at radius 2 is 1.67 bits per heavy atom. The molecule has 1 fully saturated rings. The highest BCUT2D eigenvalue weighted by Gasteiger charge is 2.44. The zero-order valence-electron chi connectivity index (χ0n) is 10.9. The maximum absolute atomic E-state index is 12.1. The molecule has 1 aromatic carbocycles. The van der Waals surface area contributed by atoms with Crippen LogP contribution in [0, 0.1) is 3.57 Å². The summed E-state index contributed by atoms with van der Waals surface area (Å²) in [6.07, 6.45) is 1.34. The average molecular weight is 398 g/mol. The molecule has 1 heterocycles. The number of rotatable bonds is 5. The highest BCUT2D eigenvalue weighted by atomic mass is 127. The van der Waals surface area contributed by atoms with Gasteiger partial charge >= 0.3 is 17.8 Å². The van der Waals surface area contributed by atoms with Crippen LogP contribution < -0.4 is 0 Å². The summed E-state index contributed by atoms with van der Waals surface area (Å²) in [5.74, 6) is -2.32. The number of urea groups is 1. The zero-order chi connectivity index (χ0) is 15.6. The van der Waals surface area contributed by atoms with Crippen molar-refractivity contribution in [1.82, 2.24) is 9.80 Å². The van der Waals surface area contributed by atoms with Crippen molar-refractivity contribution < 1.29 is 19.2 Å². The molecule has 4 amide bonds. The number of carbonyl (C=O) groups is 4. The summed E-state index contributed by atoms with van der Waals surface area (Å²) >= 11 is 2.10. The molecule has 0 N–H and O–H groups in total. The van der Waals surface area contributed by atoms with Crippen molar-refractivity contribution >= 4 is 46.2 Å². The lowest BCUT2D eigenvalue weighted by Crippen LogP contribution is -2.37. The molecule has 0 aliphatic carbocycles. The maximum Gasteiger partial charge on any atom is 0.334 e. The highest BCUT2D eigenvalue weighted by Crippen LogP contribution is 2.14. The molecule has 0 radical (unpaired) electrons. The number of hydrogen-bond acceptors (Lipinski definition) is 4. The van der Waals surface area contributed by atoms with Crippen LogP contribution in [0.4, 0.5) is 4.79 Å². The molecule has 0 spiro atoms. The van der Waals surface area contributed by atoms with Gasteiger partial charge in [-0.2, -0.15) is 0 Å². The minimum Gasteiger partial charge on any atom is -0.292 e. The van der Waals surface area contributed by atoms with Crippen LogP contribution >= 0.6 is 22.6 Å². The van der Waals surface area contributed by atoms with Gasteiger partial charge in [-0.05, 0) is 34.7 Å². The molecule has 1 aromatic rings. The van der Waals surface area contributed by atoms with Gasteiger partial charge in [-0.15, -0.1) is 6.58 Å². The Balaban J connectivity index is 2.15. The first-order chi connectivity index (χ1) is 9.95. The van der Waals surface area contributed by atoms with Crippen molar-refractivity contribution in [1.29, 1.82) is 0 Å². The minimum atomic E-state index is -0.985. The summed E-state index contributed by atoms with van der Waals surface area (Å²) in [6, 6.07) is 5.92. The van der Waals surface area contributed by atoms with Gasteiger partial charge in [0.15, 0.2) is 5.78 Å². The van der Waals surface area contributed by atoms with E-state index in [1.807, 2.05) is 0 Å². The number of halogens is 1. The molecule has 0 saturated carbocycles. The van der Waals surface area contributed by atoms with E-state index in [9.17, 15) is 19.2 Å². The zero-order valence-corrected chi connectivity index (χ0v) is 13.1. The molecule has 0 atom stereocenters. The van der Waals surface area contributed by atoms with Gasteiger partial charge in [0, 0.05) is 15.7 Å². The maximum atomic E-state index is 12.1. The number of carbonyl (C=O) groups excluding carboxylic acids is 4. The van der Waals surface area contributed by atoms with E-state index in [1.54, 1.807) is 24.3 Å². The van der Waals surface area contributed by atoms with Crippen LogP contribution in [0.25, 0.3) is 0 Å². The van der Waals surface area contributed by atoms with E-state index in [0.717, 1.165) is 8.47 Å². The Bertz CT molecular complexity index is 639. The van der Waals surface area contributed by atoms with E-state index in [1.165, 1.54) is 6.08 Å². The van der Waals surface area contributed by atoms with Gasteiger partial charge in [-0.3, -0.25) is 19.3 Å². The van der Waals surface area contributed by atoms with Crippen molar-refractivity contribution in [3.63, 3.8) is 0 Å². The molecule has 0 aromatic heterocycles. The predicted octanol–water partition coefficient (Wildman–Crippen LogP) is 1.45. The summed E-state index contributed by atoms with van der Waals surface area (Å²) in [5, 5.41) is 0. The lowest BCUT2D eigenvalue weighted by Gasteiger charge is -2.13. The molecule has 1 saturated heterocycles. The predicted molar refractivity (Wildman–Crippen MR) is 82.5 cm³/mol. The first-order valence-corrected chi connectivity index (χ1v) is 7.10. The Morgan fingerprint density at radius 3 is 2.24 bits per heavy atom. The monoisotopic (exact) mass is 398 g/mol. The molecule has 108 valence electrons. The van der Waals surface area contributed by atoms with Gasteiger partial charge in [0.2, 0.25) is 0 Å². The summed E-state index contributed by atoms with van der Waals surface area (Å²) in [6.45, 7) is 2.91. The van der Waals surface area contributed by atoms with Gasteiger partial charge in [-0.1, -0.05) is 18.2 Å². The standard InChI is InChI=1S/C14H11IN2O4/c1-2-7-16-12(19)13(20)17(14(16)21)8-11(18)9-3-5-10(15)6-4-9/h2-6H,1,7-8H2. The van der Waals surface area contributed by atoms with Crippen LogP contribution in [-0.4, -0.2) is 46.5 Å². The number of hydrogen-bond donors (Lipinski definition) is 0. The largest absolute Gasteiger partial charge is 0.334 e. The lowest BCUT2D eigenvalue weighted by atomic mass is 10.1. The molecule has 6 nitrogen and oxygen atoms in total. The third-order valence-corrected chi connectivity index (χ3v) is 3.63. The van der Waals surface area contributed by atoms with Gasteiger partial charge in [-0.25, -0.2) is 9.69 Å². The highest BCUT2D eigenvalue weighted by molar-refractivity contribution is 14.1. The van der Waals surface area contributed by atoms with Gasteiger partial charge in [0.05, 0.1) is 6.54 Å². The van der Waals surface area contributed by atoms with E-state index >= 15 is 0 Å². The Morgan fingerprint density at radius 1 is 1.10 bits per heavy atom. The lowest BCUT2D eigenvalue weighted by molar-refractivity contribution is -0.142. The van der Waals surface area contributed by atoms with E-state index in [2.05, 4.69) is 29.2 Å². The van der Waals surface area contributed by atoms with Crippen LogP contribution in [0.15, 0.2) is 36.9 Å². The molecular formula is C14H11IN2O4. The molecule has 7 heteroatoms. The second kappa shape index (κ2) is 6.17. The van der Waals surface area contributed by atoms with Crippen molar-refractivity contribution in [2.75, 3.05) is 13.1 Å². The van der Waals surface area contributed by atoms with Crippen LogP contribution in [0.5, 0.6) is 0 Å². The molecule has 0 unspecified atom stereocenters. The SMILES string of the molecule is C=CCN1C(=O)C(=O)N(CC(=O)c2ccc(I)cc2)C1=O. The van der Waals surface area contributed by atoms with Crippen molar-refractivity contribution in [2.24, 2.45) is 0 Å². The molecule has 1 aliphatic heterocycles. The number of Topliss-reactive ketones (excluding diaryl/α,β-unsaturated/α-hetero) is 1. The van der Waals surface area contributed by atoms with Crippen molar-refractivity contribution in [2.45, 2.75) is 0 Å². The third-order valence-electron chi connectivity index (χ3n) is 2.91. The summed E-state index contributed by atoms with van der Waals surface area (Å²) in [4.78, 5) is 48.8. The van der Waals surface area contributed by atoms with Crippen LogP contribution in [0.2, 0.25) is 0 Å². The summed E-state index contributed by atoms with van der Waals surface area (Å²) in [5.41, 5.74) is 0.380. The molecule has 2 rings (SSSR count). The molecule has 21 heavy (non-hydrogen) atoms. The second-order valence-electron chi connectivity index (χ2n) is 4.31. The fraction of sp³-hybridized carbons (Fsp3) is 0.143. The van der Waals surface area contributed by atoms with E-state index < -0.39 is 30.2 Å². The van der Waals surface area contributed by atoms with Crippen LogP contribution in [0.1, 0.15) is 10.4 Å². The minimum absolute atomic E-state index is 0.0579. The quantitative estimate of drug-likeness (QED) is 0.248. The summed E-state index contributed by atoms with van der Waals surface area (Å²) in [7, 11) is 0. The fourth-order valence-electron chi connectivity index (χ4n) is 1.85. The number of benzene rings is 1. The Hall–Kier alpha value is -2.03. The Labute approximate surface area is 134 Å². The smallest absolute Gasteiger partial charge is 0.292 e. The van der Waals surface area contributed by atoms with Gasteiger partial charge < -0.3 is 0 Å².